The molecule has 3 rings (SSSR count). The molecular formula is C26H34O2Si. The van der Waals surface area contributed by atoms with E-state index in [0.29, 0.717) is 6.61 Å². The van der Waals surface area contributed by atoms with Crippen molar-refractivity contribution in [1.82, 2.24) is 0 Å². The molecule has 0 bridgehead atoms. The van der Waals surface area contributed by atoms with Crippen LogP contribution in [-0.4, -0.2) is 21.8 Å². The minimum Gasteiger partial charge on any atom is -0.501 e. The summed E-state index contributed by atoms with van der Waals surface area (Å²) in [5.74, 6) is 2.11. The highest BCUT2D eigenvalue weighted by Crippen LogP contribution is 2.44. The maximum absolute atomic E-state index is 6.36. The van der Waals surface area contributed by atoms with Crippen molar-refractivity contribution in [1.29, 1.82) is 0 Å². The predicted octanol–water partition coefficient (Wildman–Crippen LogP) is 6.10. The molecule has 154 valence electrons. The van der Waals surface area contributed by atoms with Crippen LogP contribution in [0.5, 0.6) is 5.75 Å². The molecule has 0 fully saturated rings. The van der Waals surface area contributed by atoms with E-state index in [9.17, 15) is 0 Å². The molecule has 2 aromatic rings. The molecule has 0 N–H and O–H groups in total. The van der Waals surface area contributed by atoms with Crippen molar-refractivity contribution >= 4 is 19.3 Å². The Hall–Kier alpha value is -2.26. The molecule has 1 aliphatic rings. The molecule has 1 atom stereocenters. The lowest BCUT2D eigenvalue weighted by Crippen LogP contribution is -2.49. The number of hydrogen-bond acceptors (Lipinski definition) is 2. The smallest absolute Gasteiger partial charge is 0.122 e. The van der Waals surface area contributed by atoms with Gasteiger partial charge in [0.25, 0.3) is 0 Å². The highest BCUT2D eigenvalue weighted by Gasteiger charge is 2.44. The molecule has 2 aromatic carbocycles. The zero-order valence-corrected chi connectivity index (χ0v) is 19.9. The zero-order chi connectivity index (χ0) is 21.4. The number of methoxy groups -OCH3 is 1. The van der Waals surface area contributed by atoms with E-state index in [1.165, 1.54) is 27.4 Å². The van der Waals surface area contributed by atoms with Crippen molar-refractivity contribution in [3.8, 4) is 5.75 Å². The maximum atomic E-state index is 6.36. The van der Waals surface area contributed by atoms with Gasteiger partial charge in [-0.15, -0.1) is 0 Å². The first kappa shape index (κ1) is 21.4. The number of aryl methyl sites for hydroxylation is 1. The average molecular weight is 407 g/mol. The molecule has 0 radical (unpaired) electrons. The van der Waals surface area contributed by atoms with E-state index in [4.69, 9.17) is 9.47 Å². The first-order valence-electron chi connectivity index (χ1n) is 10.3. The van der Waals surface area contributed by atoms with Crippen molar-refractivity contribution in [2.75, 3.05) is 13.7 Å². The Bertz CT molecular complexity index is 948. The first-order chi connectivity index (χ1) is 13.6. The maximum Gasteiger partial charge on any atom is 0.122 e. The number of hydrogen-bond donors (Lipinski definition) is 0. The molecule has 0 spiro atoms. The fraction of sp³-hybridized carbons (Fsp3) is 0.385. The minimum atomic E-state index is -2.07. The zero-order valence-electron chi connectivity index (χ0n) is 18.9. The molecule has 1 aliphatic carbocycles. The Morgan fingerprint density at radius 2 is 1.83 bits per heavy atom. The molecule has 0 heterocycles. The molecule has 2 nitrogen and oxygen atoms in total. The fourth-order valence-electron chi connectivity index (χ4n) is 4.48. The van der Waals surface area contributed by atoms with Crippen molar-refractivity contribution in [3.05, 3.63) is 77.1 Å². The standard InChI is InChI=1S/C26H34O2Si/c1-9-14-28-24-21(26(3,4)5)15-18(2)16-23(24)29(7,8)25-20-13-11-10-12-19(20)17-22(25)27-6/h9-13,15-17,25H,1,14H2,2-8H3. The van der Waals surface area contributed by atoms with Crippen LogP contribution in [-0.2, 0) is 10.2 Å². The van der Waals surface area contributed by atoms with E-state index in [1.54, 1.807) is 7.11 Å². The second kappa shape index (κ2) is 7.87. The van der Waals surface area contributed by atoms with Gasteiger partial charge in [-0.1, -0.05) is 88.5 Å². The van der Waals surface area contributed by atoms with Crippen LogP contribution in [0.2, 0.25) is 13.1 Å². The van der Waals surface area contributed by atoms with Crippen molar-refractivity contribution in [3.63, 3.8) is 0 Å². The summed E-state index contributed by atoms with van der Waals surface area (Å²) in [4.78, 5) is 0. The van der Waals surface area contributed by atoms with Crippen LogP contribution in [0.15, 0.2) is 54.8 Å². The number of allylic oxidation sites excluding steroid dienone is 1. The topological polar surface area (TPSA) is 18.5 Å². The van der Waals surface area contributed by atoms with Gasteiger partial charge in [0.15, 0.2) is 0 Å². The van der Waals surface area contributed by atoms with Crippen molar-refractivity contribution in [2.45, 2.75) is 51.7 Å². The Labute approximate surface area is 177 Å². The van der Waals surface area contributed by atoms with Crippen LogP contribution in [0.1, 0.15) is 48.6 Å². The molecule has 0 saturated carbocycles. The molecule has 0 aromatic heterocycles. The fourth-order valence-corrected chi connectivity index (χ4v) is 8.13. The van der Waals surface area contributed by atoms with Crippen LogP contribution in [0, 0.1) is 6.92 Å². The Balaban J connectivity index is 2.24. The lowest BCUT2D eigenvalue weighted by Gasteiger charge is -2.36. The average Bonchev–Trinajstić information content (AvgIpc) is 3.05. The summed E-state index contributed by atoms with van der Waals surface area (Å²) in [5.41, 5.74) is 5.45. The van der Waals surface area contributed by atoms with Gasteiger partial charge in [-0.3, -0.25) is 0 Å². The molecule has 0 saturated heterocycles. The SMILES string of the molecule is C=CCOc1c(C(C)(C)C)cc(C)cc1[Si](C)(C)C1C(OC)=Cc2ccccc21. The summed E-state index contributed by atoms with van der Waals surface area (Å²) < 4.78 is 12.3. The van der Waals surface area contributed by atoms with Gasteiger partial charge in [0.05, 0.1) is 7.11 Å². The normalized spacial score (nSPS) is 16.2. The van der Waals surface area contributed by atoms with Gasteiger partial charge in [0.2, 0.25) is 0 Å². The lowest BCUT2D eigenvalue weighted by atomic mass is 9.85. The summed E-state index contributed by atoms with van der Waals surface area (Å²) in [6.07, 6.45) is 4.04. The third-order valence-electron chi connectivity index (χ3n) is 5.93. The monoisotopic (exact) mass is 406 g/mol. The van der Waals surface area contributed by atoms with Gasteiger partial charge < -0.3 is 9.47 Å². The largest absolute Gasteiger partial charge is 0.501 e. The van der Waals surface area contributed by atoms with E-state index in [0.717, 1.165) is 11.5 Å². The van der Waals surface area contributed by atoms with Crippen LogP contribution in [0.4, 0.5) is 0 Å². The molecule has 0 aliphatic heterocycles. The minimum absolute atomic E-state index is 0.00470. The van der Waals surface area contributed by atoms with Crippen LogP contribution >= 0.6 is 0 Å². The van der Waals surface area contributed by atoms with Crippen LogP contribution in [0.25, 0.3) is 6.08 Å². The van der Waals surface area contributed by atoms with Gasteiger partial charge in [-0.05, 0) is 40.3 Å². The third kappa shape index (κ3) is 3.93. The van der Waals surface area contributed by atoms with E-state index in [2.05, 4.69) is 89.8 Å². The number of benzene rings is 2. The quantitative estimate of drug-likeness (QED) is 0.426. The molecular weight excluding hydrogens is 372 g/mol. The van der Waals surface area contributed by atoms with Gasteiger partial charge in [0, 0.05) is 5.54 Å². The van der Waals surface area contributed by atoms with Crippen LogP contribution in [0.3, 0.4) is 0 Å². The molecule has 29 heavy (non-hydrogen) atoms. The summed E-state index contributed by atoms with van der Waals surface area (Å²) in [5, 5.41) is 1.36. The number of rotatable bonds is 6. The molecule has 1 unspecified atom stereocenters. The number of fused-ring (bicyclic) bond motifs is 1. The van der Waals surface area contributed by atoms with Crippen LogP contribution < -0.4 is 9.92 Å². The molecule has 3 heteroatoms. The Kier molecular flexibility index (Phi) is 5.82. The predicted molar refractivity (Wildman–Crippen MR) is 127 cm³/mol. The van der Waals surface area contributed by atoms with E-state index < -0.39 is 8.07 Å². The van der Waals surface area contributed by atoms with E-state index >= 15 is 0 Å². The lowest BCUT2D eigenvalue weighted by molar-refractivity contribution is 0.285. The van der Waals surface area contributed by atoms with Crippen molar-refractivity contribution < 1.29 is 9.47 Å². The summed E-state index contributed by atoms with van der Waals surface area (Å²) in [6.45, 7) is 18.2. The summed E-state index contributed by atoms with van der Waals surface area (Å²) >= 11 is 0. The van der Waals surface area contributed by atoms with Gasteiger partial charge in [0.1, 0.15) is 26.2 Å². The Morgan fingerprint density at radius 3 is 2.45 bits per heavy atom. The van der Waals surface area contributed by atoms with Gasteiger partial charge >= 0.3 is 0 Å². The van der Waals surface area contributed by atoms with Gasteiger partial charge in [-0.2, -0.15) is 0 Å². The second-order valence-corrected chi connectivity index (χ2v) is 14.1. The van der Waals surface area contributed by atoms with Gasteiger partial charge in [-0.25, -0.2) is 0 Å². The third-order valence-corrected chi connectivity index (χ3v) is 9.73. The second-order valence-electron chi connectivity index (χ2n) is 9.57. The van der Waals surface area contributed by atoms with E-state index in [-0.39, 0.29) is 11.0 Å². The number of ether oxygens (including phenoxy) is 2. The van der Waals surface area contributed by atoms with E-state index in [1.807, 2.05) is 6.08 Å². The van der Waals surface area contributed by atoms with Crippen molar-refractivity contribution in [2.24, 2.45) is 0 Å². The molecule has 0 amide bonds. The summed E-state index contributed by atoms with van der Waals surface area (Å²) in [6, 6.07) is 13.3. The Morgan fingerprint density at radius 1 is 1.14 bits per heavy atom. The summed E-state index contributed by atoms with van der Waals surface area (Å²) in [7, 11) is -0.278. The highest BCUT2D eigenvalue weighted by molar-refractivity contribution is 6.92. The first-order valence-corrected chi connectivity index (χ1v) is 13.4. The highest BCUT2D eigenvalue weighted by atomic mass is 28.3.